The summed E-state index contributed by atoms with van der Waals surface area (Å²) < 4.78 is 16.1. The lowest BCUT2D eigenvalue weighted by Crippen LogP contribution is -2.30. The maximum absolute atomic E-state index is 12.3. The van der Waals surface area contributed by atoms with Crippen LogP contribution in [0.15, 0.2) is 35.0 Å². The van der Waals surface area contributed by atoms with Gasteiger partial charge in [0.25, 0.3) is 5.91 Å². The second kappa shape index (κ2) is 9.22. The second-order valence-corrected chi connectivity index (χ2v) is 6.17. The van der Waals surface area contributed by atoms with Gasteiger partial charge in [-0.2, -0.15) is 0 Å². The molecule has 1 aromatic rings. The number of nitrogens with one attached hydrogen (secondary N) is 1. The fraction of sp³-hybridized carbons (Fsp3) is 0.278. The van der Waals surface area contributed by atoms with Gasteiger partial charge < -0.3 is 19.5 Å². The molecule has 1 fully saturated rings. The minimum absolute atomic E-state index is 0.119. The number of ether oxygens (including phenoxy) is 3. The summed E-state index contributed by atoms with van der Waals surface area (Å²) in [5.41, 5.74) is 0.723. The van der Waals surface area contributed by atoms with Gasteiger partial charge in [0.2, 0.25) is 0 Å². The van der Waals surface area contributed by atoms with Gasteiger partial charge in [-0.1, -0.05) is 22.0 Å². The van der Waals surface area contributed by atoms with Gasteiger partial charge in [-0.3, -0.25) is 9.69 Å². The number of rotatable bonds is 8. The van der Waals surface area contributed by atoms with E-state index < -0.39 is 17.9 Å². The van der Waals surface area contributed by atoms with Crippen LogP contribution in [-0.2, 0) is 14.3 Å². The highest BCUT2D eigenvalue weighted by Crippen LogP contribution is 2.35. The summed E-state index contributed by atoms with van der Waals surface area (Å²) in [6, 6.07) is 2.75. The zero-order valence-corrected chi connectivity index (χ0v) is 16.5. The number of carbonyl (C=O) groups is 3. The van der Waals surface area contributed by atoms with Gasteiger partial charge in [-0.25, -0.2) is 9.59 Å². The third-order valence-corrected chi connectivity index (χ3v) is 4.20. The summed E-state index contributed by atoms with van der Waals surface area (Å²) in [5.74, 6) is -0.250. The molecule has 0 atom stereocenters. The standard InChI is InChI=1S/C18H19BrN2O6/c1-4-6-21-17(23)13(20-18(21)24)7-11-8-14(26-5-2)15(9-12(11)19)27-10-16(22)25-3/h4,7-9H,1,5-6,10H2,2-3H3,(H,20,24)/b13-7+. The maximum atomic E-state index is 12.3. The highest BCUT2D eigenvalue weighted by Gasteiger charge is 2.32. The van der Waals surface area contributed by atoms with Crippen LogP contribution in [0.1, 0.15) is 12.5 Å². The summed E-state index contributed by atoms with van der Waals surface area (Å²) in [6.45, 7) is 5.55. The first-order valence-corrected chi connectivity index (χ1v) is 8.81. The van der Waals surface area contributed by atoms with E-state index in [0.717, 1.165) is 4.90 Å². The highest BCUT2D eigenvalue weighted by atomic mass is 79.9. The van der Waals surface area contributed by atoms with Crippen molar-refractivity contribution in [1.82, 2.24) is 10.2 Å². The average molecular weight is 439 g/mol. The van der Waals surface area contributed by atoms with E-state index >= 15 is 0 Å². The Labute approximate surface area is 164 Å². The van der Waals surface area contributed by atoms with Crippen molar-refractivity contribution in [2.45, 2.75) is 6.92 Å². The van der Waals surface area contributed by atoms with Crippen molar-refractivity contribution in [3.8, 4) is 11.5 Å². The lowest BCUT2D eigenvalue weighted by atomic mass is 10.1. The van der Waals surface area contributed by atoms with Crippen LogP contribution < -0.4 is 14.8 Å². The second-order valence-electron chi connectivity index (χ2n) is 5.31. The quantitative estimate of drug-likeness (QED) is 0.290. The summed E-state index contributed by atoms with van der Waals surface area (Å²) in [4.78, 5) is 36.5. The monoisotopic (exact) mass is 438 g/mol. The number of hydrogen-bond acceptors (Lipinski definition) is 6. The number of carbonyl (C=O) groups excluding carboxylic acids is 3. The highest BCUT2D eigenvalue weighted by molar-refractivity contribution is 9.10. The zero-order valence-electron chi connectivity index (χ0n) is 14.9. The number of hydrogen-bond donors (Lipinski definition) is 1. The molecular weight excluding hydrogens is 420 g/mol. The smallest absolute Gasteiger partial charge is 0.343 e. The predicted molar refractivity (Wildman–Crippen MR) is 101 cm³/mol. The molecule has 0 spiro atoms. The van der Waals surface area contributed by atoms with Crippen molar-refractivity contribution < 1.29 is 28.6 Å². The topological polar surface area (TPSA) is 94.2 Å². The largest absolute Gasteiger partial charge is 0.490 e. The molecule has 2 rings (SSSR count). The van der Waals surface area contributed by atoms with E-state index in [2.05, 4.69) is 32.6 Å². The third-order valence-electron chi connectivity index (χ3n) is 3.51. The first-order valence-electron chi connectivity index (χ1n) is 8.02. The molecule has 0 aliphatic carbocycles. The Balaban J connectivity index is 2.33. The Bertz CT molecular complexity index is 805. The Morgan fingerprint density at radius 1 is 1.30 bits per heavy atom. The molecule has 1 aliphatic heterocycles. The zero-order chi connectivity index (χ0) is 20.0. The van der Waals surface area contributed by atoms with Crippen LogP contribution in [0.5, 0.6) is 11.5 Å². The fourth-order valence-electron chi connectivity index (χ4n) is 2.26. The number of urea groups is 1. The predicted octanol–water partition coefficient (Wildman–Crippen LogP) is 2.48. The fourth-order valence-corrected chi connectivity index (χ4v) is 2.70. The minimum atomic E-state index is -0.527. The van der Waals surface area contributed by atoms with Crippen molar-refractivity contribution >= 4 is 39.9 Å². The summed E-state index contributed by atoms with van der Waals surface area (Å²) in [6.07, 6.45) is 3.00. The number of benzene rings is 1. The molecule has 0 unspecified atom stereocenters. The summed E-state index contributed by atoms with van der Waals surface area (Å²) in [5, 5.41) is 2.52. The van der Waals surface area contributed by atoms with E-state index in [1.54, 1.807) is 19.1 Å². The van der Waals surface area contributed by atoms with Gasteiger partial charge in [0.05, 0.1) is 13.7 Å². The van der Waals surface area contributed by atoms with Crippen LogP contribution >= 0.6 is 15.9 Å². The molecule has 1 N–H and O–H groups in total. The van der Waals surface area contributed by atoms with Gasteiger partial charge in [0.1, 0.15) is 5.70 Å². The van der Waals surface area contributed by atoms with Crippen molar-refractivity contribution in [3.05, 3.63) is 40.5 Å². The average Bonchev–Trinajstić information content (AvgIpc) is 2.90. The van der Waals surface area contributed by atoms with E-state index in [1.165, 1.54) is 19.3 Å². The van der Waals surface area contributed by atoms with Gasteiger partial charge >= 0.3 is 12.0 Å². The molecule has 1 saturated heterocycles. The van der Waals surface area contributed by atoms with E-state index in [-0.39, 0.29) is 18.8 Å². The number of esters is 1. The molecule has 1 aliphatic rings. The summed E-state index contributed by atoms with van der Waals surface area (Å²) in [7, 11) is 1.27. The molecule has 3 amide bonds. The first kappa shape index (κ1) is 20.5. The maximum Gasteiger partial charge on any atom is 0.343 e. The van der Waals surface area contributed by atoms with Crippen LogP contribution in [0.2, 0.25) is 0 Å². The van der Waals surface area contributed by atoms with Crippen molar-refractivity contribution in [2.75, 3.05) is 26.9 Å². The lowest BCUT2D eigenvalue weighted by molar-refractivity contribution is -0.142. The molecule has 1 heterocycles. The van der Waals surface area contributed by atoms with E-state index in [4.69, 9.17) is 9.47 Å². The third kappa shape index (κ3) is 4.88. The van der Waals surface area contributed by atoms with Crippen LogP contribution in [-0.4, -0.2) is 49.7 Å². The molecule has 1 aromatic carbocycles. The van der Waals surface area contributed by atoms with Crippen LogP contribution in [0.4, 0.5) is 4.79 Å². The molecule has 0 bridgehead atoms. The molecular formula is C18H19BrN2O6. The normalized spacial score (nSPS) is 14.9. The minimum Gasteiger partial charge on any atom is -0.490 e. The number of nitrogens with zero attached hydrogens (tertiary/aromatic N) is 1. The molecule has 9 heteroatoms. The van der Waals surface area contributed by atoms with Crippen LogP contribution in [0.25, 0.3) is 6.08 Å². The Hall–Kier alpha value is -2.81. The lowest BCUT2D eigenvalue weighted by Gasteiger charge is -2.13. The SMILES string of the molecule is C=CCN1C(=O)N/C(=C/c2cc(OCC)c(OCC(=O)OC)cc2Br)C1=O. The van der Waals surface area contributed by atoms with E-state index in [9.17, 15) is 14.4 Å². The molecule has 144 valence electrons. The Morgan fingerprint density at radius 2 is 2.00 bits per heavy atom. The number of halogens is 1. The number of methoxy groups -OCH3 is 1. The van der Waals surface area contributed by atoms with Crippen LogP contribution in [0, 0.1) is 0 Å². The van der Waals surface area contributed by atoms with Crippen LogP contribution in [0.3, 0.4) is 0 Å². The molecule has 0 radical (unpaired) electrons. The van der Waals surface area contributed by atoms with Gasteiger partial charge in [-0.05, 0) is 30.7 Å². The molecule has 0 aromatic heterocycles. The van der Waals surface area contributed by atoms with Crippen molar-refractivity contribution in [3.63, 3.8) is 0 Å². The number of amides is 3. The van der Waals surface area contributed by atoms with Crippen molar-refractivity contribution in [2.24, 2.45) is 0 Å². The van der Waals surface area contributed by atoms with E-state index in [1.807, 2.05) is 0 Å². The molecule has 0 saturated carbocycles. The van der Waals surface area contributed by atoms with Gasteiger partial charge in [-0.15, -0.1) is 6.58 Å². The molecule has 27 heavy (non-hydrogen) atoms. The first-order chi connectivity index (χ1) is 12.9. The Morgan fingerprint density at radius 3 is 2.63 bits per heavy atom. The van der Waals surface area contributed by atoms with Gasteiger partial charge in [0, 0.05) is 11.0 Å². The van der Waals surface area contributed by atoms with Gasteiger partial charge in [0.15, 0.2) is 18.1 Å². The molecule has 8 nitrogen and oxygen atoms in total. The van der Waals surface area contributed by atoms with E-state index in [0.29, 0.717) is 28.1 Å². The summed E-state index contributed by atoms with van der Waals surface area (Å²) >= 11 is 3.39. The number of imide groups is 1. The Kier molecular flexibility index (Phi) is 7.00. The van der Waals surface area contributed by atoms with Crippen molar-refractivity contribution in [1.29, 1.82) is 0 Å².